The van der Waals surface area contributed by atoms with E-state index in [0.717, 1.165) is 13.2 Å². The molecule has 0 aliphatic carbocycles. The molecule has 0 atom stereocenters. The number of piperidine rings is 1. The Morgan fingerprint density at radius 3 is 2.24 bits per heavy atom. The van der Waals surface area contributed by atoms with Gasteiger partial charge in [0.2, 0.25) is 0 Å². The average molecular weight is 247 g/mol. The second-order valence-electron chi connectivity index (χ2n) is 4.15. The molecule has 5 heteroatoms. The molecule has 1 saturated heterocycles. The van der Waals surface area contributed by atoms with E-state index in [4.69, 9.17) is 18.9 Å². The van der Waals surface area contributed by atoms with Gasteiger partial charge in [0, 0.05) is 13.7 Å². The molecular weight excluding hydrogens is 222 g/mol. The Balaban J connectivity index is 1.75. The van der Waals surface area contributed by atoms with E-state index < -0.39 is 0 Å². The molecule has 1 aliphatic rings. The van der Waals surface area contributed by atoms with Gasteiger partial charge in [-0.25, -0.2) is 0 Å². The third-order valence-electron chi connectivity index (χ3n) is 2.77. The van der Waals surface area contributed by atoms with Gasteiger partial charge in [-0.05, 0) is 25.9 Å². The Bertz CT molecular complexity index is 163. The lowest BCUT2D eigenvalue weighted by atomic mass is 10.1. The predicted octanol–water partition coefficient (Wildman–Crippen LogP) is 1.08. The lowest BCUT2D eigenvalue weighted by molar-refractivity contribution is -0.136. The molecule has 102 valence electrons. The second kappa shape index (κ2) is 10.9. The summed E-state index contributed by atoms with van der Waals surface area (Å²) in [7, 11) is 1.65. The van der Waals surface area contributed by atoms with Crippen LogP contribution in [0.5, 0.6) is 0 Å². The molecule has 1 heterocycles. The maximum absolute atomic E-state index is 5.37. The van der Waals surface area contributed by atoms with Gasteiger partial charge < -0.3 is 23.8 Å². The van der Waals surface area contributed by atoms with Gasteiger partial charge in [0.1, 0.15) is 13.6 Å². The van der Waals surface area contributed by atoms with E-state index in [9.17, 15) is 0 Å². The molecule has 0 bridgehead atoms. The highest BCUT2D eigenvalue weighted by molar-refractivity contribution is 4.63. The summed E-state index contributed by atoms with van der Waals surface area (Å²) in [5.74, 6) is 0. The average Bonchev–Trinajstić information content (AvgIpc) is 2.38. The van der Waals surface area contributed by atoms with Crippen LogP contribution in [-0.4, -0.2) is 65.1 Å². The van der Waals surface area contributed by atoms with Crippen molar-refractivity contribution in [2.24, 2.45) is 0 Å². The first kappa shape index (κ1) is 14.9. The fraction of sp³-hybridized carbons (Fsp3) is 1.00. The highest BCUT2D eigenvalue weighted by Gasteiger charge is 2.08. The van der Waals surface area contributed by atoms with Crippen molar-refractivity contribution < 1.29 is 18.9 Å². The first-order chi connectivity index (χ1) is 8.43. The van der Waals surface area contributed by atoms with Crippen LogP contribution in [0.1, 0.15) is 19.3 Å². The number of methoxy groups -OCH3 is 1. The van der Waals surface area contributed by atoms with Gasteiger partial charge in [0.05, 0.1) is 19.8 Å². The van der Waals surface area contributed by atoms with E-state index in [1.165, 1.54) is 32.4 Å². The van der Waals surface area contributed by atoms with Crippen LogP contribution in [0.4, 0.5) is 0 Å². The van der Waals surface area contributed by atoms with Crippen LogP contribution >= 0.6 is 0 Å². The van der Waals surface area contributed by atoms with Gasteiger partial charge in [-0.2, -0.15) is 0 Å². The molecule has 0 amide bonds. The molecule has 17 heavy (non-hydrogen) atoms. The van der Waals surface area contributed by atoms with E-state index >= 15 is 0 Å². The number of ether oxygens (including phenoxy) is 4. The minimum absolute atomic E-state index is 0.271. The minimum Gasteiger partial charge on any atom is -0.382 e. The molecule has 0 unspecified atom stereocenters. The van der Waals surface area contributed by atoms with Gasteiger partial charge >= 0.3 is 0 Å². The third kappa shape index (κ3) is 8.51. The standard InChI is InChI=1S/C12H25NO4/c1-14-9-10-16-12-17-11-15-8-7-13-5-3-2-4-6-13/h2-12H2,1H3. The molecule has 1 aliphatic heterocycles. The molecule has 0 radical (unpaired) electrons. The topological polar surface area (TPSA) is 40.2 Å². The molecule has 0 spiro atoms. The van der Waals surface area contributed by atoms with Crippen LogP contribution in [0.25, 0.3) is 0 Å². The number of rotatable bonds is 10. The first-order valence-electron chi connectivity index (χ1n) is 6.38. The summed E-state index contributed by atoms with van der Waals surface area (Å²) in [5, 5.41) is 0. The number of nitrogens with zero attached hydrogens (tertiary/aromatic N) is 1. The zero-order valence-corrected chi connectivity index (χ0v) is 10.9. The lowest BCUT2D eigenvalue weighted by Crippen LogP contribution is -2.32. The Morgan fingerprint density at radius 1 is 0.824 bits per heavy atom. The summed E-state index contributed by atoms with van der Waals surface area (Å²) in [5.41, 5.74) is 0. The van der Waals surface area contributed by atoms with Gasteiger partial charge in [-0.15, -0.1) is 0 Å². The smallest absolute Gasteiger partial charge is 0.149 e. The van der Waals surface area contributed by atoms with Crippen molar-refractivity contribution in [3.8, 4) is 0 Å². The second-order valence-corrected chi connectivity index (χ2v) is 4.15. The maximum atomic E-state index is 5.37. The fourth-order valence-corrected chi connectivity index (χ4v) is 1.79. The molecular formula is C12H25NO4. The quantitative estimate of drug-likeness (QED) is 0.427. The van der Waals surface area contributed by atoms with Crippen LogP contribution in [-0.2, 0) is 18.9 Å². The largest absolute Gasteiger partial charge is 0.382 e. The highest BCUT2D eigenvalue weighted by Crippen LogP contribution is 2.07. The van der Waals surface area contributed by atoms with Gasteiger partial charge in [-0.1, -0.05) is 6.42 Å². The molecule has 1 rings (SSSR count). The summed E-state index contributed by atoms with van der Waals surface area (Å²) < 4.78 is 20.5. The molecule has 5 nitrogen and oxygen atoms in total. The van der Waals surface area contributed by atoms with Crippen molar-refractivity contribution in [1.82, 2.24) is 4.90 Å². The molecule has 0 N–H and O–H groups in total. The first-order valence-corrected chi connectivity index (χ1v) is 6.38. The molecule has 1 fully saturated rings. The van der Waals surface area contributed by atoms with Gasteiger partial charge in [0.25, 0.3) is 0 Å². The number of likely N-dealkylation sites (tertiary alicyclic amines) is 1. The predicted molar refractivity (Wildman–Crippen MR) is 64.9 cm³/mol. The van der Waals surface area contributed by atoms with Gasteiger partial charge in [0.15, 0.2) is 0 Å². The van der Waals surface area contributed by atoms with Crippen LogP contribution < -0.4 is 0 Å². The summed E-state index contributed by atoms with van der Waals surface area (Å²) in [6.07, 6.45) is 4.02. The Hall–Kier alpha value is -0.200. The van der Waals surface area contributed by atoms with Crippen molar-refractivity contribution in [1.29, 1.82) is 0 Å². The van der Waals surface area contributed by atoms with Crippen LogP contribution in [0.3, 0.4) is 0 Å². The summed E-state index contributed by atoms with van der Waals surface area (Å²) in [6.45, 7) is 5.90. The van der Waals surface area contributed by atoms with Crippen molar-refractivity contribution in [3.05, 3.63) is 0 Å². The maximum Gasteiger partial charge on any atom is 0.149 e. The molecule has 0 aromatic heterocycles. The monoisotopic (exact) mass is 247 g/mol. The van der Waals surface area contributed by atoms with Crippen molar-refractivity contribution in [3.63, 3.8) is 0 Å². The van der Waals surface area contributed by atoms with Crippen molar-refractivity contribution in [2.45, 2.75) is 19.3 Å². The fourth-order valence-electron chi connectivity index (χ4n) is 1.79. The molecule has 0 aromatic rings. The lowest BCUT2D eigenvalue weighted by Gasteiger charge is -2.25. The van der Waals surface area contributed by atoms with E-state index in [1.807, 2.05) is 0 Å². The van der Waals surface area contributed by atoms with Crippen LogP contribution in [0, 0.1) is 0 Å². The van der Waals surface area contributed by atoms with Crippen LogP contribution in [0.15, 0.2) is 0 Å². The Morgan fingerprint density at radius 2 is 1.53 bits per heavy atom. The zero-order chi connectivity index (χ0) is 12.2. The number of hydrogen-bond donors (Lipinski definition) is 0. The number of hydrogen-bond acceptors (Lipinski definition) is 5. The summed E-state index contributed by atoms with van der Waals surface area (Å²) in [4.78, 5) is 2.44. The SMILES string of the molecule is COCCOCOCOCCN1CCCCC1. The van der Waals surface area contributed by atoms with E-state index in [2.05, 4.69) is 4.90 Å². The van der Waals surface area contributed by atoms with E-state index in [1.54, 1.807) is 7.11 Å². The van der Waals surface area contributed by atoms with Crippen LogP contribution in [0.2, 0.25) is 0 Å². The Labute approximate surface area is 104 Å². The third-order valence-corrected chi connectivity index (χ3v) is 2.77. The zero-order valence-electron chi connectivity index (χ0n) is 10.9. The van der Waals surface area contributed by atoms with E-state index in [-0.39, 0.29) is 6.79 Å². The normalized spacial score (nSPS) is 17.5. The minimum atomic E-state index is 0.271. The molecule has 0 saturated carbocycles. The van der Waals surface area contributed by atoms with Gasteiger partial charge in [-0.3, -0.25) is 0 Å². The van der Waals surface area contributed by atoms with Crippen molar-refractivity contribution in [2.75, 3.05) is 60.2 Å². The highest BCUT2D eigenvalue weighted by atomic mass is 16.7. The van der Waals surface area contributed by atoms with Crippen molar-refractivity contribution >= 4 is 0 Å². The summed E-state index contributed by atoms with van der Waals surface area (Å²) >= 11 is 0. The Kier molecular flexibility index (Phi) is 9.55. The van der Waals surface area contributed by atoms with E-state index in [0.29, 0.717) is 20.0 Å². The molecule has 0 aromatic carbocycles. The summed E-state index contributed by atoms with van der Waals surface area (Å²) in [6, 6.07) is 0.